The number of aliphatic hydroxyl groups is 1. The number of primary amides is 1. The van der Waals surface area contributed by atoms with Crippen LogP contribution in [0.5, 0.6) is 0 Å². The van der Waals surface area contributed by atoms with Crippen molar-refractivity contribution >= 4 is 11.6 Å². The zero-order chi connectivity index (χ0) is 14.0. The lowest BCUT2D eigenvalue weighted by atomic mass is 9.98. The predicted molar refractivity (Wildman–Crippen MR) is 71.2 cm³/mol. The second kappa shape index (κ2) is 5.57. The summed E-state index contributed by atoms with van der Waals surface area (Å²) in [5.74, 6) is -0.771. The van der Waals surface area contributed by atoms with Crippen LogP contribution in [0.15, 0.2) is 18.2 Å². The number of nitrogens with zero attached hydrogens (tertiary/aromatic N) is 1. The molecule has 19 heavy (non-hydrogen) atoms. The van der Waals surface area contributed by atoms with E-state index in [4.69, 9.17) is 5.73 Å². The van der Waals surface area contributed by atoms with Crippen molar-refractivity contribution in [2.75, 3.05) is 11.4 Å². The van der Waals surface area contributed by atoms with Crippen molar-refractivity contribution in [2.45, 2.75) is 38.3 Å². The molecule has 3 N–H and O–H groups in total. The molecule has 2 atom stereocenters. The number of nitrogens with two attached hydrogens (primary N) is 1. The minimum atomic E-state index is -0.791. The van der Waals surface area contributed by atoms with Gasteiger partial charge in [-0.2, -0.15) is 0 Å². The Morgan fingerprint density at radius 2 is 2.26 bits per heavy atom. The number of piperidine rings is 1. The van der Waals surface area contributed by atoms with Crippen LogP contribution in [0.2, 0.25) is 0 Å². The average molecular weight is 266 g/mol. The molecule has 0 spiro atoms. The molecular formula is C14H19FN2O2. The fourth-order valence-corrected chi connectivity index (χ4v) is 2.64. The van der Waals surface area contributed by atoms with Crippen LogP contribution in [-0.2, 0) is 4.79 Å². The molecule has 0 aliphatic carbocycles. The van der Waals surface area contributed by atoms with E-state index in [1.807, 2.05) is 4.90 Å². The van der Waals surface area contributed by atoms with E-state index < -0.39 is 11.9 Å². The van der Waals surface area contributed by atoms with Crippen molar-refractivity contribution in [1.82, 2.24) is 0 Å². The highest BCUT2D eigenvalue weighted by molar-refractivity contribution is 5.84. The van der Waals surface area contributed by atoms with E-state index in [1.165, 1.54) is 12.1 Å². The molecule has 1 fully saturated rings. The highest BCUT2D eigenvalue weighted by Gasteiger charge is 2.29. The van der Waals surface area contributed by atoms with Crippen LogP contribution >= 0.6 is 0 Å². The van der Waals surface area contributed by atoms with E-state index in [9.17, 15) is 14.3 Å². The van der Waals surface area contributed by atoms with Gasteiger partial charge in [0.15, 0.2) is 0 Å². The Morgan fingerprint density at radius 1 is 1.53 bits per heavy atom. The number of carbonyl (C=O) groups is 1. The lowest BCUT2D eigenvalue weighted by Crippen LogP contribution is -2.48. The van der Waals surface area contributed by atoms with Gasteiger partial charge in [-0.15, -0.1) is 0 Å². The smallest absolute Gasteiger partial charge is 0.240 e. The maximum Gasteiger partial charge on any atom is 0.240 e. The number of hydrogen-bond acceptors (Lipinski definition) is 3. The molecule has 2 rings (SSSR count). The zero-order valence-electron chi connectivity index (χ0n) is 11.0. The first-order valence-corrected chi connectivity index (χ1v) is 6.54. The summed E-state index contributed by atoms with van der Waals surface area (Å²) in [5, 5.41) is 9.77. The standard InChI is InChI=1S/C14H19FN2O2/c1-9(18)11-8-10(15)5-6-12(11)17-7-3-2-4-13(17)14(16)19/h5-6,8-9,13,18H,2-4,7H2,1H3,(H2,16,19)/t9-,13?/m1/s1. The molecule has 1 amide bonds. The number of rotatable bonds is 3. The summed E-state index contributed by atoms with van der Waals surface area (Å²) in [6.07, 6.45) is 1.82. The van der Waals surface area contributed by atoms with Gasteiger partial charge >= 0.3 is 0 Å². The summed E-state index contributed by atoms with van der Waals surface area (Å²) in [5.41, 5.74) is 6.62. The molecule has 4 nitrogen and oxygen atoms in total. The number of anilines is 1. The van der Waals surface area contributed by atoms with Gasteiger partial charge in [-0.25, -0.2) is 4.39 Å². The van der Waals surface area contributed by atoms with Gasteiger partial charge in [-0.3, -0.25) is 4.79 Å². The second-order valence-electron chi connectivity index (χ2n) is 4.99. The van der Waals surface area contributed by atoms with Crippen molar-refractivity contribution in [3.8, 4) is 0 Å². The quantitative estimate of drug-likeness (QED) is 0.875. The van der Waals surface area contributed by atoms with Crippen LogP contribution in [0, 0.1) is 5.82 Å². The minimum absolute atomic E-state index is 0.374. The lowest BCUT2D eigenvalue weighted by molar-refractivity contribution is -0.119. The van der Waals surface area contributed by atoms with Gasteiger partial charge in [0.25, 0.3) is 0 Å². The van der Waals surface area contributed by atoms with Gasteiger partial charge in [-0.05, 0) is 44.4 Å². The van der Waals surface area contributed by atoms with Crippen LogP contribution in [0.3, 0.4) is 0 Å². The van der Waals surface area contributed by atoms with Gasteiger partial charge in [0.1, 0.15) is 11.9 Å². The normalized spacial score (nSPS) is 21.2. The third kappa shape index (κ3) is 2.87. The number of halogens is 1. The molecule has 1 aliphatic rings. The minimum Gasteiger partial charge on any atom is -0.389 e. The van der Waals surface area contributed by atoms with E-state index in [1.54, 1.807) is 13.0 Å². The first kappa shape index (κ1) is 13.8. The van der Waals surface area contributed by atoms with E-state index in [0.29, 0.717) is 24.2 Å². The maximum absolute atomic E-state index is 13.3. The number of hydrogen-bond donors (Lipinski definition) is 2. The first-order chi connectivity index (χ1) is 9.00. The van der Waals surface area contributed by atoms with Gasteiger partial charge in [0.2, 0.25) is 5.91 Å². The molecule has 5 heteroatoms. The lowest BCUT2D eigenvalue weighted by Gasteiger charge is -2.37. The van der Waals surface area contributed by atoms with Crippen LogP contribution in [-0.4, -0.2) is 23.6 Å². The number of carbonyl (C=O) groups excluding carboxylic acids is 1. The SMILES string of the molecule is C[C@@H](O)c1cc(F)ccc1N1CCCCC1C(N)=O. The molecule has 1 aromatic rings. The Hall–Kier alpha value is -1.62. The fourth-order valence-electron chi connectivity index (χ4n) is 2.64. The average Bonchev–Trinajstić information content (AvgIpc) is 2.38. The molecule has 0 bridgehead atoms. The molecule has 0 saturated carbocycles. The molecule has 0 radical (unpaired) electrons. The Labute approximate surface area is 112 Å². The maximum atomic E-state index is 13.3. The summed E-state index contributed by atoms with van der Waals surface area (Å²) in [4.78, 5) is 13.4. The van der Waals surface area contributed by atoms with Gasteiger partial charge in [0, 0.05) is 17.8 Å². The molecule has 104 valence electrons. The van der Waals surface area contributed by atoms with Gasteiger partial charge in [0.05, 0.1) is 6.10 Å². The number of amides is 1. The Balaban J connectivity index is 2.41. The topological polar surface area (TPSA) is 66.6 Å². The zero-order valence-corrected chi connectivity index (χ0v) is 11.0. The highest BCUT2D eigenvalue weighted by atomic mass is 19.1. The number of aliphatic hydroxyl groups excluding tert-OH is 1. The third-order valence-corrected chi connectivity index (χ3v) is 3.58. The summed E-state index contributed by atoms with van der Waals surface area (Å²) in [6.45, 7) is 2.28. The van der Waals surface area contributed by atoms with Crippen LogP contribution in [0.1, 0.15) is 37.9 Å². The van der Waals surface area contributed by atoms with E-state index >= 15 is 0 Å². The third-order valence-electron chi connectivity index (χ3n) is 3.58. The predicted octanol–water partition coefficient (Wildman–Crippen LogP) is 1.72. The molecule has 1 saturated heterocycles. The fraction of sp³-hybridized carbons (Fsp3) is 0.500. The van der Waals surface area contributed by atoms with E-state index in [2.05, 4.69) is 0 Å². The van der Waals surface area contributed by atoms with Gasteiger partial charge < -0.3 is 15.7 Å². The van der Waals surface area contributed by atoms with Crippen molar-refractivity contribution in [3.05, 3.63) is 29.6 Å². The summed E-state index contributed by atoms with van der Waals surface area (Å²) in [7, 11) is 0. The summed E-state index contributed by atoms with van der Waals surface area (Å²) in [6, 6.07) is 3.89. The molecule has 1 heterocycles. The van der Waals surface area contributed by atoms with E-state index in [0.717, 1.165) is 12.8 Å². The molecule has 0 aromatic heterocycles. The molecular weight excluding hydrogens is 247 g/mol. The number of benzene rings is 1. The molecule has 1 aliphatic heterocycles. The van der Waals surface area contributed by atoms with Crippen molar-refractivity contribution in [2.24, 2.45) is 5.73 Å². The van der Waals surface area contributed by atoms with Crippen LogP contribution in [0.4, 0.5) is 10.1 Å². The second-order valence-corrected chi connectivity index (χ2v) is 4.99. The molecule has 1 unspecified atom stereocenters. The Morgan fingerprint density at radius 3 is 2.89 bits per heavy atom. The summed E-state index contributed by atoms with van der Waals surface area (Å²) < 4.78 is 13.3. The Bertz CT molecular complexity index is 477. The largest absolute Gasteiger partial charge is 0.389 e. The van der Waals surface area contributed by atoms with Crippen LogP contribution in [0.25, 0.3) is 0 Å². The van der Waals surface area contributed by atoms with Crippen LogP contribution < -0.4 is 10.6 Å². The first-order valence-electron chi connectivity index (χ1n) is 6.54. The van der Waals surface area contributed by atoms with Crippen molar-refractivity contribution < 1.29 is 14.3 Å². The summed E-state index contributed by atoms with van der Waals surface area (Å²) >= 11 is 0. The Kier molecular flexibility index (Phi) is 4.04. The van der Waals surface area contributed by atoms with Crippen molar-refractivity contribution in [1.29, 1.82) is 0 Å². The van der Waals surface area contributed by atoms with Gasteiger partial charge in [-0.1, -0.05) is 0 Å². The van der Waals surface area contributed by atoms with Crippen molar-refractivity contribution in [3.63, 3.8) is 0 Å². The molecule has 1 aromatic carbocycles. The monoisotopic (exact) mass is 266 g/mol. The van der Waals surface area contributed by atoms with E-state index in [-0.39, 0.29) is 11.9 Å². The highest BCUT2D eigenvalue weighted by Crippen LogP contribution is 2.31.